The standard InChI is InChI=1S/C12H22O/c1-11(2,3)12(9-10-13)7-5-4-6-8-12/h10H,4-9H2,1-3H3. The summed E-state index contributed by atoms with van der Waals surface area (Å²) in [7, 11) is 0. The molecule has 0 amide bonds. The number of hydrogen-bond acceptors (Lipinski definition) is 1. The molecule has 0 spiro atoms. The molecule has 0 saturated heterocycles. The molecule has 1 heteroatoms. The van der Waals surface area contributed by atoms with E-state index in [9.17, 15) is 4.79 Å². The number of aldehydes is 1. The van der Waals surface area contributed by atoms with Gasteiger partial charge in [-0.05, 0) is 23.7 Å². The van der Waals surface area contributed by atoms with Crippen LogP contribution in [0.2, 0.25) is 0 Å². The minimum Gasteiger partial charge on any atom is -0.303 e. The summed E-state index contributed by atoms with van der Waals surface area (Å²) in [6.07, 6.45) is 8.35. The molecule has 0 radical (unpaired) electrons. The summed E-state index contributed by atoms with van der Waals surface area (Å²) in [5, 5.41) is 0. The Morgan fingerprint density at radius 2 is 1.69 bits per heavy atom. The first kappa shape index (κ1) is 10.7. The minimum absolute atomic E-state index is 0.286. The highest BCUT2D eigenvalue weighted by molar-refractivity contribution is 5.51. The van der Waals surface area contributed by atoms with Crippen molar-refractivity contribution in [2.75, 3.05) is 0 Å². The van der Waals surface area contributed by atoms with E-state index in [1.54, 1.807) is 0 Å². The SMILES string of the molecule is CC(C)(C)C1(CC=O)CCCCC1. The first-order chi connectivity index (χ1) is 6.02. The van der Waals surface area contributed by atoms with Crippen molar-refractivity contribution in [2.24, 2.45) is 10.8 Å². The fourth-order valence-electron chi connectivity index (χ4n) is 2.65. The highest BCUT2D eigenvalue weighted by Crippen LogP contribution is 2.51. The largest absolute Gasteiger partial charge is 0.303 e. The number of rotatable bonds is 2. The molecule has 0 aromatic carbocycles. The second kappa shape index (κ2) is 3.81. The Hall–Kier alpha value is -0.330. The molecule has 0 atom stereocenters. The van der Waals surface area contributed by atoms with Crippen LogP contribution in [0, 0.1) is 10.8 Å². The topological polar surface area (TPSA) is 17.1 Å². The van der Waals surface area contributed by atoms with Crippen molar-refractivity contribution in [2.45, 2.75) is 59.3 Å². The van der Waals surface area contributed by atoms with E-state index in [2.05, 4.69) is 20.8 Å². The van der Waals surface area contributed by atoms with Crippen molar-refractivity contribution < 1.29 is 4.79 Å². The summed E-state index contributed by atoms with van der Waals surface area (Å²) < 4.78 is 0. The molecule has 1 saturated carbocycles. The van der Waals surface area contributed by atoms with Gasteiger partial charge < -0.3 is 4.79 Å². The molecule has 76 valence electrons. The predicted octanol–water partition coefficient (Wildman–Crippen LogP) is 3.57. The van der Waals surface area contributed by atoms with Crippen molar-refractivity contribution in [1.29, 1.82) is 0 Å². The van der Waals surface area contributed by atoms with E-state index in [1.165, 1.54) is 32.1 Å². The molecular weight excluding hydrogens is 160 g/mol. The zero-order valence-corrected chi connectivity index (χ0v) is 9.23. The third kappa shape index (κ3) is 2.12. The molecule has 1 rings (SSSR count). The Bertz CT molecular complexity index is 170. The first-order valence-corrected chi connectivity index (χ1v) is 5.45. The van der Waals surface area contributed by atoms with Crippen LogP contribution in [0.15, 0.2) is 0 Å². The lowest BCUT2D eigenvalue weighted by Crippen LogP contribution is -2.38. The van der Waals surface area contributed by atoms with Gasteiger partial charge in [0, 0.05) is 6.42 Å². The second-order valence-corrected chi connectivity index (χ2v) is 5.46. The van der Waals surface area contributed by atoms with Crippen LogP contribution in [0.4, 0.5) is 0 Å². The Labute approximate surface area is 81.9 Å². The van der Waals surface area contributed by atoms with E-state index in [-0.39, 0.29) is 5.41 Å². The summed E-state index contributed by atoms with van der Waals surface area (Å²) in [4.78, 5) is 10.7. The molecule has 0 heterocycles. The average molecular weight is 182 g/mol. The lowest BCUT2D eigenvalue weighted by Gasteiger charge is -2.46. The number of carbonyl (C=O) groups is 1. The monoisotopic (exact) mass is 182 g/mol. The Kier molecular flexibility index (Phi) is 3.15. The van der Waals surface area contributed by atoms with Crippen LogP contribution in [0.3, 0.4) is 0 Å². The average Bonchev–Trinajstić information content (AvgIpc) is 2.04. The van der Waals surface area contributed by atoms with Gasteiger partial charge in [0.05, 0.1) is 0 Å². The van der Waals surface area contributed by atoms with Crippen molar-refractivity contribution in [3.63, 3.8) is 0 Å². The van der Waals surface area contributed by atoms with Gasteiger partial charge in [0.2, 0.25) is 0 Å². The van der Waals surface area contributed by atoms with Gasteiger partial charge in [-0.1, -0.05) is 40.0 Å². The van der Waals surface area contributed by atoms with Gasteiger partial charge in [-0.15, -0.1) is 0 Å². The van der Waals surface area contributed by atoms with Gasteiger partial charge in [-0.25, -0.2) is 0 Å². The Balaban J connectivity index is 2.78. The maximum absolute atomic E-state index is 10.7. The highest BCUT2D eigenvalue weighted by atomic mass is 16.1. The van der Waals surface area contributed by atoms with Crippen LogP contribution in [0.5, 0.6) is 0 Å². The molecule has 1 fully saturated rings. The van der Waals surface area contributed by atoms with Crippen LogP contribution in [-0.2, 0) is 4.79 Å². The van der Waals surface area contributed by atoms with Crippen LogP contribution >= 0.6 is 0 Å². The third-order valence-electron chi connectivity index (χ3n) is 3.88. The third-order valence-corrected chi connectivity index (χ3v) is 3.88. The first-order valence-electron chi connectivity index (χ1n) is 5.45. The maximum atomic E-state index is 10.7. The van der Waals surface area contributed by atoms with Crippen molar-refractivity contribution in [3.8, 4) is 0 Å². The van der Waals surface area contributed by atoms with Crippen LogP contribution < -0.4 is 0 Å². The second-order valence-electron chi connectivity index (χ2n) is 5.46. The van der Waals surface area contributed by atoms with E-state index in [0.29, 0.717) is 5.41 Å². The summed E-state index contributed by atoms with van der Waals surface area (Å²) in [6.45, 7) is 6.84. The summed E-state index contributed by atoms with van der Waals surface area (Å²) in [5.41, 5.74) is 0.585. The van der Waals surface area contributed by atoms with Gasteiger partial charge in [-0.3, -0.25) is 0 Å². The smallest absolute Gasteiger partial charge is 0.120 e. The van der Waals surface area contributed by atoms with Gasteiger partial charge >= 0.3 is 0 Å². The summed E-state index contributed by atoms with van der Waals surface area (Å²) in [5.74, 6) is 0. The summed E-state index contributed by atoms with van der Waals surface area (Å²) in [6, 6.07) is 0. The highest BCUT2D eigenvalue weighted by Gasteiger charge is 2.41. The fraction of sp³-hybridized carbons (Fsp3) is 0.917. The van der Waals surface area contributed by atoms with Crippen LogP contribution in [0.25, 0.3) is 0 Å². The molecule has 0 N–H and O–H groups in total. The molecule has 0 unspecified atom stereocenters. The molecule has 1 nitrogen and oxygen atoms in total. The maximum Gasteiger partial charge on any atom is 0.120 e. The summed E-state index contributed by atoms with van der Waals surface area (Å²) >= 11 is 0. The predicted molar refractivity (Wildman–Crippen MR) is 55.7 cm³/mol. The Morgan fingerprint density at radius 3 is 2.08 bits per heavy atom. The molecule has 1 aliphatic carbocycles. The zero-order chi connectivity index (χ0) is 9.95. The van der Waals surface area contributed by atoms with Crippen LogP contribution in [0.1, 0.15) is 59.3 Å². The van der Waals surface area contributed by atoms with E-state index < -0.39 is 0 Å². The van der Waals surface area contributed by atoms with E-state index in [1.807, 2.05) is 0 Å². The quantitative estimate of drug-likeness (QED) is 0.597. The lowest BCUT2D eigenvalue weighted by molar-refractivity contribution is -0.113. The number of hydrogen-bond donors (Lipinski definition) is 0. The number of carbonyl (C=O) groups excluding carboxylic acids is 1. The molecule has 0 aliphatic heterocycles. The minimum atomic E-state index is 0.286. The zero-order valence-electron chi connectivity index (χ0n) is 9.23. The Morgan fingerprint density at radius 1 is 1.15 bits per heavy atom. The van der Waals surface area contributed by atoms with Gasteiger partial charge in [0.1, 0.15) is 6.29 Å². The molecule has 0 aromatic rings. The lowest BCUT2D eigenvalue weighted by atomic mass is 9.58. The molecule has 0 bridgehead atoms. The van der Waals surface area contributed by atoms with Gasteiger partial charge in [0.15, 0.2) is 0 Å². The van der Waals surface area contributed by atoms with Crippen molar-refractivity contribution in [3.05, 3.63) is 0 Å². The van der Waals surface area contributed by atoms with E-state index >= 15 is 0 Å². The van der Waals surface area contributed by atoms with Crippen molar-refractivity contribution in [1.82, 2.24) is 0 Å². The van der Waals surface area contributed by atoms with Crippen LogP contribution in [-0.4, -0.2) is 6.29 Å². The van der Waals surface area contributed by atoms with Gasteiger partial charge in [0.25, 0.3) is 0 Å². The molecule has 13 heavy (non-hydrogen) atoms. The van der Waals surface area contributed by atoms with E-state index in [4.69, 9.17) is 0 Å². The van der Waals surface area contributed by atoms with Gasteiger partial charge in [-0.2, -0.15) is 0 Å². The molecule has 0 aromatic heterocycles. The normalized spacial score (nSPS) is 22.7. The van der Waals surface area contributed by atoms with Crippen molar-refractivity contribution >= 4 is 6.29 Å². The molecular formula is C12H22O. The molecule has 1 aliphatic rings. The van der Waals surface area contributed by atoms with E-state index in [0.717, 1.165) is 12.7 Å². The fourth-order valence-corrected chi connectivity index (χ4v) is 2.65.